The van der Waals surface area contributed by atoms with E-state index in [9.17, 15) is 10.1 Å². The van der Waals surface area contributed by atoms with Gasteiger partial charge in [-0.3, -0.25) is 9.78 Å². The van der Waals surface area contributed by atoms with Crippen molar-refractivity contribution in [1.82, 2.24) is 4.98 Å². The molecule has 5 nitrogen and oxygen atoms in total. The number of pyridine rings is 1. The number of nitrogens with two attached hydrogens (primary N) is 1. The predicted molar refractivity (Wildman–Crippen MR) is 92.2 cm³/mol. The molecule has 1 atom stereocenters. The number of nitriles is 1. The van der Waals surface area contributed by atoms with Crippen molar-refractivity contribution in [3.63, 3.8) is 0 Å². The minimum absolute atomic E-state index is 0.164. The molecule has 1 aliphatic heterocycles. The average Bonchev–Trinajstić information content (AvgIpc) is 3.04. The molecule has 1 amide bonds. The minimum atomic E-state index is -0.333. The van der Waals surface area contributed by atoms with E-state index in [0.717, 1.165) is 5.69 Å². The smallest absolute Gasteiger partial charge is 0.214 e. The lowest BCUT2D eigenvalue weighted by atomic mass is 10.1. The average molecular weight is 324 g/mol. The first kappa shape index (κ1) is 16.6. The van der Waals surface area contributed by atoms with E-state index in [2.05, 4.69) is 27.1 Å². The Morgan fingerprint density at radius 1 is 1.30 bits per heavy atom. The first-order valence-corrected chi connectivity index (χ1v) is 7.83. The van der Waals surface area contributed by atoms with Gasteiger partial charge < -0.3 is 10.6 Å². The van der Waals surface area contributed by atoms with Gasteiger partial charge in [0.2, 0.25) is 5.91 Å². The second-order valence-electron chi connectivity index (χ2n) is 4.70. The topological polar surface area (TPSA) is 83.0 Å². The largest absolute Gasteiger partial charge is 0.370 e. The van der Waals surface area contributed by atoms with Gasteiger partial charge in [-0.05, 0) is 35.2 Å². The van der Waals surface area contributed by atoms with Crippen molar-refractivity contribution >= 4 is 23.4 Å². The zero-order valence-corrected chi connectivity index (χ0v) is 13.4. The van der Waals surface area contributed by atoms with Crippen LogP contribution < -0.4 is 10.6 Å². The molecule has 3 rings (SSSR count). The molecule has 0 saturated heterocycles. The van der Waals surface area contributed by atoms with Gasteiger partial charge >= 0.3 is 0 Å². The van der Waals surface area contributed by atoms with E-state index in [-0.39, 0.29) is 11.3 Å². The lowest BCUT2D eigenvalue weighted by molar-refractivity contribution is -0.115. The molecular formula is C17H16N4OS. The normalized spacial score (nSPS) is 15.5. The fourth-order valence-corrected chi connectivity index (χ4v) is 3.07. The van der Waals surface area contributed by atoms with E-state index >= 15 is 0 Å². The van der Waals surface area contributed by atoms with E-state index in [1.165, 1.54) is 12.5 Å². The van der Waals surface area contributed by atoms with E-state index in [1.807, 2.05) is 42.6 Å². The van der Waals surface area contributed by atoms with Gasteiger partial charge in [0.05, 0.1) is 11.3 Å². The highest BCUT2D eigenvalue weighted by molar-refractivity contribution is 8.02. The molecule has 2 heterocycles. The van der Waals surface area contributed by atoms with Gasteiger partial charge in [0.15, 0.2) is 0 Å². The van der Waals surface area contributed by atoms with Crippen molar-refractivity contribution in [2.45, 2.75) is 12.3 Å². The Hall–Kier alpha value is -2.78. The van der Waals surface area contributed by atoms with Crippen molar-refractivity contribution in [1.29, 1.82) is 5.26 Å². The van der Waals surface area contributed by atoms with Crippen LogP contribution >= 0.6 is 11.8 Å². The summed E-state index contributed by atoms with van der Waals surface area (Å²) in [5.41, 5.74) is 7.28. The van der Waals surface area contributed by atoms with Crippen molar-refractivity contribution in [2.75, 3.05) is 4.90 Å². The summed E-state index contributed by atoms with van der Waals surface area (Å²) in [6.45, 7) is 1.31. The first-order valence-electron chi connectivity index (χ1n) is 6.89. The number of carbonyl (C=O) groups is 1. The fraction of sp³-hybridized carbons (Fsp3) is 0.118. The first-order chi connectivity index (χ1) is 11.1. The van der Waals surface area contributed by atoms with Crippen LogP contribution in [0.4, 0.5) is 5.69 Å². The highest BCUT2D eigenvalue weighted by Gasteiger charge is 2.24. The monoisotopic (exact) mass is 324 g/mol. The maximum atomic E-state index is 9.22. The standard InChI is InChI=1S/C15H11N3S.C2H5NO/c16-11-13-3-1-2-4-14(13)18-9-10-19-15(18)12-5-7-17-8-6-12;1-2(3)4/h1-10,15H;1H3,(H2,3,4). The molecule has 6 heteroatoms. The summed E-state index contributed by atoms with van der Waals surface area (Å²) >= 11 is 1.73. The maximum absolute atomic E-state index is 9.22. The van der Waals surface area contributed by atoms with Gasteiger partial charge in [-0.15, -0.1) is 11.8 Å². The van der Waals surface area contributed by atoms with Crippen LogP contribution in [0.3, 0.4) is 0 Å². The molecule has 116 valence electrons. The maximum Gasteiger partial charge on any atom is 0.214 e. The highest BCUT2D eigenvalue weighted by Crippen LogP contribution is 2.42. The number of benzene rings is 1. The number of amides is 1. The molecule has 0 spiro atoms. The number of hydrogen-bond donors (Lipinski definition) is 1. The Labute approximate surface area is 139 Å². The van der Waals surface area contributed by atoms with Gasteiger partial charge in [0.1, 0.15) is 11.4 Å². The van der Waals surface area contributed by atoms with Crippen molar-refractivity contribution in [3.05, 3.63) is 71.5 Å². The predicted octanol–water partition coefficient (Wildman–Crippen LogP) is 3.17. The lowest BCUT2D eigenvalue weighted by Gasteiger charge is -2.25. The number of carbonyl (C=O) groups excluding carboxylic acids is 1. The molecule has 0 bridgehead atoms. The van der Waals surface area contributed by atoms with Crippen LogP contribution in [0.5, 0.6) is 0 Å². The van der Waals surface area contributed by atoms with E-state index in [4.69, 9.17) is 0 Å². The van der Waals surface area contributed by atoms with Crippen LogP contribution in [0, 0.1) is 11.3 Å². The Morgan fingerprint density at radius 3 is 2.61 bits per heavy atom. The van der Waals surface area contributed by atoms with Crippen molar-refractivity contribution in [2.24, 2.45) is 5.73 Å². The minimum Gasteiger partial charge on any atom is -0.370 e. The zero-order chi connectivity index (χ0) is 16.7. The molecule has 0 aliphatic carbocycles. The SMILES string of the molecule is CC(N)=O.N#Cc1ccccc1N1C=CSC1c1ccncc1. The van der Waals surface area contributed by atoms with Crippen molar-refractivity contribution in [3.8, 4) is 6.07 Å². The molecule has 1 aromatic heterocycles. The molecule has 23 heavy (non-hydrogen) atoms. The molecule has 0 radical (unpaired) electrons. The molecule has 1 aliphatic rings. The van der Waals surface area contributed by atoms with E-state index in [0.29, 0.717) is 5.56 Å². The van der Waals surface area contributed by atoms with Crippen LogP contribution in [0.15, 0.2) is 60.4 Å². The van der Waals surface area contributed by atoms with Gasteiger partial charge in [-0.25, -0.2) is 0 Å². The number of hydrogen-bond acceptors (Lipinski definition) is 5. The van der Waals surface area contributed by atoms with E-state index < -0.39 is 0 Å². The third-order valence-corrected chi connectivity index (χ3v) is 4.01. The van der Waals surface area contributed by atoms with E-state index in [1.54, 1.807) is 24.2 Å². The van der Waals surface area contributed by atoms with Crippen LogP contribution in [0.2, 0.25) is 0 Å². The summed E-state index contributed by atoms with van der Waals surface area (Å²) in [4.78, 5) is 15.4. The summed E-state index contributed by atoms with van der Waals surface area (Å²) in [5.74, 6) is -0.333. The molecular weight excluding hydrogens is 308 g/mol. The molecule has 0 fully saturated rings. The third kappa shape index (κ3) is 4.34. The Kier molecular flexibility index (Phi) is 5.78. The molecule has 0 saturated carbocycles. The fourth-order valence-electron chi connectivity index (χ4n) is 2.09. The summed E-state index contributed by atoms with van der Waals surface area (Å²) < 4.78 is 0. The summed E-state index contributed by atoms with van der Waals surface area (Å²) in [6.07, 6.45) is 5.61. The number of anilines is 1. The Bertz CT molecular complexity index is 736. The van der Waals surface area contributed by atoms with Crippen LogP contribution in [0.25, 0.3) is 0 Å². The second-order valence-corrected chi connectivity index (χ2v) is 5.69. The Morgan fingerprint density at radius 2 is 1.96 bits per heavy atom. The van der Waals surface area contributed by atoms with Crippen LogP contribution in [0.1, 0.15) is 23.4 Å². The number of thioether (sulfide) groups is 1. The van der Waals surface area contributed by atoms with Gasteiger partial charge in [-0.2, -0.15) is 5.26 Å². The summed E-state index contributed by atoms with van der Waals surface area (Å²) in [6, 6.07) is 13.9. The molecule has 1 unspecified atom stereocenters. The van der Waals surface area contributed by atoms with Crippen LogP contribution in [-0.2, 0) is 4.79 Å². The number of aromatic nitrogens is 1. The molecule has 1 aromatic carbocycles. The summed E-state index contributed by atoms with van der Waals surface area (Å²) in [7, 11) is 0. The number of primary amides is 1. The number of rotatable bonds is 2. The summed E-state index contributed by atoms with van der Waals surface area (Å²) in [5, 5.41) is 11.4. The zero-order valence-electron chi connectivity index (χ0n) is 12.6. The number of nitrogens with zero attached hydrogens (tertiary/aromatic N) is 3. The lowest BCUT2D eigenvalue weighted by Crippen LogP contribution is -2.17. The number of para-hydroxylation sites is 1. The molecule has 2 aromatic rings. The third-order valence-electron chi connectivity index (χ3n) is 2.98. The second kappa shape index (κ2) is 8.01. The molecule has 2 N–H and O–H groups in total. The van der Waals surface area contributed by atoms with Crippen LogP contribution in [-0.4, -0.2) is 10.9 Å². The quantitative estimate of drug-likeness (QED) is 0.917. The van der Waals surface area contributed by atoms with Gasteiger partial charge in [0.25, 0.3) is 0 Å². The van der Waals surface area contributed by atoms with Gasteiger partial charge in [-0.1, -0.05) is 12.1 Å². The van der Waals surface area contributed by atoms with Crippen molar-refractivity contribution < 1.29 is 4.79 Å². The van der Waals surface area contributed by atoms with Gasteiger partial charge in [0, 0.05) is 25.5 Å². The highest BCUT2D eigenvalue weighted by atomic mass is 32.2. The Balaban J connectivity index is 0.000000433.